The number of amides is 2. The third-order valence-electron chi connectivity index (χ3n) is 5.66. The number of halogens is 5. The van der Waals surface area contributed by atoms with Crippen LogP contribution in [0.1, 0.15) is 32.0 Å². The monoisotopic (exact) mass is 543 g/mol. The summed E-state index contributed by atoms with van der Waals surface area (Å²) in [6.07, 6.45) is 0.0357. The van der Waals surface area contributed by atoms with E-state index in [0.29, 0.717) is 21.2 Å². The number of urea groups is 1. The van der Waals surface area contributed by atoms with Crippen molar-refractivity contribution in [3.05, 3.63) is 65.4 Å². The highest BCUT2D eigenvalue weighted by Gasteiger charge is 2.51. The minimum atomic E-state index is -5.55. The van der Waals surface area contributed by atoms with Crippen molar-refractivity contribution in [2.45, 2.75) is 38.1 Å². The number of carbonyl (C=O) groups is 1. The Labute approximate surface area is 209 Å². The summed E-state index contributed by atoms with van der Waals surface area (Å²) in [6.45, 7) is 5.23. The first-order chi connectivity index (χ1) is 17.1. The molecule has 0 bridgehead atoms. The van der Waals surface area contributed by atoms with Gasteiger partial charge >= 0.3 is 21.6 Å². The van der Waals surface area contributed by atoms with Gasteiger partial charge in [-0.1, -0.05) is 26.8 Å². The molecule has 4 rings (SSSR count). The zero-order valence-electron chi connectivity index (χ0n) is 19.8. The van der Waals surface area contributed by atoms with Crippen LogP contribution in [0.2, 0.25) is 0 Å². The summed E-state index contributed by atoms with van der Waals surface area (Å²) < 4.78 is 92.2. The largest absolute Gasteiger partial charge is 0.516 e. The minimum absolute atomic E-state index is 0.0357. The number of rotatable bonds is 4. The van der Waals surface area contributed by atoms with Gasteiger partial charge in [-0.2, -0.15) is 26.7 Å². The number of sulfonamides is 1. The highest BCUT2D eigenvalue weighted by Crippen LogP contribution is 2.38. The molecule has 1 aromatic heterocycles. The number of carbonyl (C=O) groups excluding carboxylic acids is 1. The summed E-state index contributed by atoms with van der Waals surface area (Å²) in [7, 11) is -5.55. The molecule has 3 aromatic rings. The van der Waals surface area contributed by atoms with Crippen LogP contribution in [0.15, 0.2) is 42.5 Å². The molecular formula is C23H22F5N5O3S. The van der Waals surface area contributed by atoms with Gasteiger partial charge in [-0.3, -0.25) is 9.62 Å². The number of benzene rings is 2. The van der Waals surface area contributed by atoms with Gasteiger partial charge in [-0.05, 0) is 42.3 Å². The van der Waals surface area contributed by atoms with Gasteiger partial charge in [0.15, 0.2) is 11.6 Å². The lowest BCUT2D eigenvalue weighted by Gasteiger charge is -2.21. The maximum Gasteiger partial charge on any atom is 0.516 e. The molecule has 0 saturated carbocycles. The highest BCUT2D eigenvalue weighted by molar-refractivity contribution is 7.93. The number of hydrogen-bond acceptors (Lipinski definition) is 4. The Kier molecular flexibility index (Phi) is 6.42. The van der Waals surface area contributed by atoms with E-state index in [0.717, 1.165) is 6.07 Å². The zero-order chi connectivity index (χ0) is 27.3. The summed E-state index contributed by atoms with van der Waals surface area (Å²) in [5.74, 6) is -2.24. The van der Waals surface area contributed by atoms with Gasteiger partial charge in [0, 0.05) is 18.0 Å². The lowest BCUT2D eigenvalue weighted by Crippen LogP contribution is -2.39. The van der Waals surface area contributed by atoms with E-state index in [-0.39, 0.29) is 30.2 Å². The van der Waals surface area contributed by atoms with E-state index in [2.05, 4.69) is 15.7 Å². The number of nitrogens with zero attached hydrogens (tertiary/aromatic N) is 3. The average Bonchev–Trinajstić information content (AvgIpc) is 3.40. The van der Waals surface area contributed by atoms with E-state index in [9.17, 15) is 35.2 Å². The van der Waals surface area contributed by atoms with Crippen molar-refractivity contribution in [2.75, 3.05) is 21.5 Å². The molecule has 0 aliphatic carbocycles. The van der Waals surface area contributed by atoms with Crippen LogP contribution in [0.25, 0.3) is 5.69 Å². The van der Waals surface area contributed by atoms with Gasteiger partial charge in [0.05, 0.1) is 22.8 Å². The van der Waals surface area contributed by atoms with Gasteiger partial charge in [0.1, 0.15) is 5.82 Å². The second-order valence-electron chi connectivity index (χ2n) is 9.34. The zero-order valence-corrected chi connectivity index (χ0v) is 20.6. The molecule has 14 heteroatoms. The highest BCUT2D eigenvalue weighted by atomic mass is 32.2. The number of alkyl halides is 3. The van der Waals surface area contributed by atoms with Crippen molar-refractivity contribution in [3.8, 4) is 5.69 Å². The lowest BCUT2D eigenvalue weighted by atomic mass is 9.92. The second kappa shape index (κ2) is 9.01. The summed E-state index contributed by atoms with van der Waals surface area (Å²) >= 11 is 0. The van der Waals surface area contributed by atoms with Gasteiger partial charge in [-0.25, -0.2) is 18.3 Å². The summed E-state index contributed by atoms with van der Waals surface area (Å²) in [5, 5.41) is 9.25. The summed E-state index contributed by atoms with van der Waals surface area (Å²) in [4.78, 5) is 12.6. The molecule has 0 saturated heterocycles. The molecule has 2 aromatic carbocycles. The molecule has 1 aliphatic heterocycles. The minimum Gasteiger partial charge on any atom is -0.305 e. The van der Waals surface area contributed by atoms with Crippen LogP contribution in [-0.2, 0) is 21.9 Å². The topological polar surface area (TPSA) is 96.3 Å². The predicted octanol–water partition coefficient (Wildman–Crippen LogP) is 5.30. The number of aromatic nitrogens is 2. The Balaban J connectivity index is 1.68. The fourth-order valence-electron chi connectivity index (χ4n) is 3.77. The van der Waals surface area contributed by atoms with Crippen LogP contribution >= 0.6 is 0 Å². The Morgan fingerprint density at radius 1 is 1.03 bits per heavy atom. The van der Waals surface area contributed by atoms with Crippen molar-refractivity contribution in [1.29, 1.82) is 0 Å². The Bertz CT molecular complexity index is 1480. The Hall–Kier alpha value is -3.68. The van der Waals surface area contributed by atoms with E-state index in [1.54, 1.807) is 6.07 Å². The number of hydrogen-bond donors (Lipinski definition) is 2. The predicted molar refractivity (Wildman–Crippen MR) is 127 cm³/mol. The fraction of sp³-hybridized carbons (Fsp3) is 0.304. The van der Waals surface area contributed by atoms with E-state index < -0.39 is 38.6 Å². The van der Waals surface area contributed by atoms with Crippen LogP contribution in [0.4, 0.5) is 43.9 Å². The normalized spacial score (nSPS) is 14.0. The van der Waals surface area contributed by atoms with Crippen LogP contribution in [-0.4, -0.2) is 36.3 Å². The molecule has 0 unspecified atom stereocenters. The molecule has 8 nitrogen and oxygen atoms in total. The van der Waals surface area contributed by atoms with Gasteiger partial charge < -0.3 is 5.32 Å². The number of fused-ring (bicyclic) bond motifs is 1. The molecular weight excluding hydrogens is 521 g/mol. The van der Waals surface area contributed by atoms with Gasteiger partial charge in [0.25, 0.3) is 0 Å². The van der Waals surface area contributed by atoms with Crippen molar-refractivity contribution in [2.24, 2.45) is 0 Å². The van der Waals surface area contributed by atoms with Crippen LogP contribution < -0.4 is 14.9 Å². The lowest BCUT2D eigenvalue weighted by molar-refractivity contribution is -0.0437. The van der Waals surface area contributed by atoms with E-state index in [1.807, 2.05) is 20.8 Å². The molecule has 0 atom stereocenters. The first kappa shape index (κ1) is 26.4. The maximum absolute atomic E-state index is 14.0. The molecule has 198 valence electrons. The number of nitrogens with one attached hydrogen (secondary N) is 2. The standard InChI is InChI=1S/C23H22F5N5O3S/c1-22(2,3)18-12-19(30-21(34)29-16-6-4-5-15(24)20(16)25)33(31-18)14-7-8-17-13(11-14)9-10-32(17)37(35,36)23(26,27)28/h4-8,11-12H,9-10H2,1-3H3,(H2,29,30,34). The summed E-state index contributed by atoms with van der Waals surface area (Å²) in [6, 6.07) is 8.07. The summed E-state index contributed by atoms with van der Waals surface area (Å²) in [5.41, 5.74) is -5.17. The Morgan fingerprint density at radius 2 is 1.73 bits per heavy atom. The second-order valence-corrected chi connectivity index (χ2v) is 11.2. The first-order valence-electron chi connectivity index (χ1n) is 10.9. The van der Waals surface area contributed by atoms with Crippen molar-refractivity contribution >= 4 is 33.2 Å². The molecule has 37 heavy (non-hydrogen) atoms. The van der Waals surface area contributed by atoms with Crippen LogP contribution in [0.3, 0.4) is 0 Å². The smallest absolute Gasteiger partial charge is 0.305 e. The van der Waals surface area contributed by atoms with Gasteiger partial charge in [0.2, 0.25) is 0 Å². The molecule has 2 heterocycles. The van der Waals surface area contributed by atoms with E-state index in [4.69, 9.17) is 0 Å². The van der Waals surface area contributed by atoms with Crippen LogP contribution in [0, 0.1) is 11.6 Å². The average molecular weight is 544 g/mol. The van der Waals surface area contributed by atoms with E-state index in [1.165, 1.54) is 35.0 Å². The molecule has 0 radical (unpaired) electrons. The quantitative estimate of drug-likeness (QED) is 0.437. The van der Waals surface area contributed by atoms with Crippen LogP contribution in [0.5, 0.6) is 0 Å². The molecule has 2 amide bonds. The molecule has 1 aliphatic rings. The van der Waals surface area contributed by atoms with Crippen molar-refractivity contribution < 1.29 is 35.2 Å². The first-order valence-corrected chi connectivity index (χ1v) is 12.4. The fourth-order valence-corrected chi connectivity index (χ4v) is 4.79. The van der Waals surface area contributed by atoms with Crippen molar-refractivity contribution in [1.82, 2.24) is 9.78 Å². The third-order valence-corrected chi connectivity index (χ3v) is 7.21. The van der Waals surface area contributed by atoms with Gasteiger partial charge in [-0.15, -0.1) is 0 Å². The SMILES string of the molecule is CC(C)(C)c1cc(NC(=O)Nc2cccc(F)c2F)n(-c2ccc3c(c2)CCN3S(=O)(=O)C(F)(F)F)n1. The maximum atomic E-state index is 14.0. The molecule has 2 N–H and O–H groups in total. The number of anilines is 3. The molecule has 0 spiro atoms. The molecule has 0 fully saturated rings. The third kappa shape index (κ3) is 4.97. The van der Waals surface area contributed by atoms with Crippen molar-refractivity contribution in [3.63, 3.8) is 0 Å². The van der Waals surface area contributed by atoms with E-state index >= 15 is 0 Å². The Morgan fingerprint density at radius 3 is 2.38 bits per heavy atom.